The van der Waals surface area contributed by atoms with E-state index in [2.05, 4.69) is 20.9 Å². The van der Waals surface area contributed by atoms with Gasteiger partial charge in [-0.25, -0.2) is 4.68 Å². The van der Waals surface area contributed by atoms with Crippen LogP contribution in [-0.4, -0.2) is 33.1 Å². The number of nitrogens with zero attached hydrogens (tertiary/aromatic N) is 3. The first-order chi connectivity index (χ1) is 14.5. The Morgan fingerprint density at radius 1 is 1.27 bits per heavy atom. The predicted molar refractivity (Wildman–Crippen MR) is 119 cm³/mol. The first-order valence-corrected chi connectivity index (χ1v) is 10.8. The van der Waals surface area contributed by atoms with Crippen LogP contribution in [0.3, 0.4) is 0 Å². The third-order valence-corrected chi connectivity index (χ3v) is 6.44. The minimum Gasteiger partial charge on any atom is -0.495 e. The minimum atomic E-state index is -0.475. The van der Waals surface area contributed by atoms with Crippen molar-refractivity contribution < 1.29 is 9.53 Å². The number of methoxy groups -OCH3 is 1. The topological polar surface area (TPSA) is 81.1 Å². The van der Waals surface area contributed by atoms with Crippen LogP contribution in [0.2, 0.25) is 5.02 Å². The maximum Gasteiger partial charge on any atom is 0.240 e. The second-order valence-corrected chi connectivity index (χ2v) is 8.50. The number of aryl methyl sites for hydroxylation is 2. The van der Waals surface area contributed by atoms with E-state index in [1.165, 1.54) is 11.8 Å². The minimum absolute atomic E-state index is 0.124. The molecule has 30 heavy (non-hydrogen) atoms. The first-order valence-electron chi connectivity index (χ1n) is 9.58. The molecule has 1 aromatic heterocycles. The molecule has 2 N–H and O–H groups in total. The number of thioether (sulfide) groups is 1. The number of nitrogens with one attached hydrogen (secondary N) is 2. The van der Waals surface area contributed by atoms with Gasteiger partial charge in [0.05, 0.1) is 18.2 Å². The number of hydrogen-bond acceptors (Lipinski definition) is 6. The molecule has 1 amide bonds. The number of aromatic nitrogens is 3. The lowest BCUT2D eigenvalue weighted by Gasteiger charge is -2.33. The van der Waals surface area contributed by atoms with E-state index in [1.54, 1.807) is 13.2 Å². The van der Waals surface area contributed by atoms with E-state index in [0.717, 1.165) is 29.1 Å². The highest BCUT2D eigenvalue weighted by atomic mass is 35.5. The third-order valence-electron chi connectivity index (χ3n) is 4.93. The number of anilines is 1. The van der Waals surface area contributed by atoms with Gasteiger partial charge in [0, 0.05) is 12.1 Å². The van der Waals surface area contributed by atoms with Crippen molar-refractivity contribution >= 4 is 35.0 Å². The zero-order valence-corrected chi connectivity index (χ0v) is 18.4. The molecular formula is C21H22ClN5O2S. The fraction of sp³-hybridized carbons (Fsp3) is 0.286. The molecule has 1 aliphatic heterocycles. The van der Waals surface area contributed by atoms with Gasteiger partial charge in [0.15, 0.2) is 5.82 Å². The van der Waals surface area contributed by atoms with Gasteiger partial charge in [0.1, 0.15) is 11.0 Å². The molecule has 7 nitrogen and oxygen atoms in total. The molecule has 9 heteroatoms. The Kier molecular flexibility index (Phi) is 5.87. The molecule has 2 unspecified atom stereocenters. The summed E-state index contributed by atoms with van der Waals surface area (Å²) in [5.74, 6) is 1.27. The maximum absolute atomic E-state index is 13.2. The van der Waals surface area contributed by atoms with Crippen LogP contribution in [-0.2, 0) is 11.2 Å². The Labute approximate surface area is 184 Å². The Morgan fingerprint density at radius 2 is 2.03 bits per heavy atom. The molecule has 0 saturated carbocycles. The van der Waals surface area contributed by atoms with Gasteiger partial charge in [-0.3, -0.25) is 4.79 Å². The number of benzene rings is 2. The largest absolute Gasteiger partial charge is 0.495 e. The normalized spacial score (nSPS) is 17.7. The van der Waals surface area contributed by atoms with Crippen LogP contribution in [0, 0.1) is 6.92 Å². The average molecular weight is 444 g/mol. The number of carbonyl (C=O) groups is 1. The van der Waals surface area contributed by atoms with E-state index >= 15 is 0 Å². The molecule has 0 saturated heterocycles. The van der Waals surface area contributed by atoms with E-state index in [0.29, 0.717) is 15.9 Å². The number of halogens is 1. The van der Waals surface area contributed by atoms with Crippen molar-refractivity contribution in [3.05, 3.63) is 64.4 Å². The summed E-state index contributed by atoms with van der Waals surface area (Å²) >= 11 is 7.75. The molecule has 2 heterocycles. The van der Waals surface area contributed by atoms with Gasteiger partial charge in [-0.05, 0) is 36.8 Å². The first kappa shape index (κ1) is 20.6. The van der Waals surface area contributed by atoms with Gasteiger partial charge >= 0.3 is 0 Å². The maximum atomic E-state index is 13.2. The van der Waals surface area contributed by atoms with Crippen LogP contribution >= 0.6 is 23.4 Å². The Morgan fingerprint density at radius 3 is 2.70 bits per heavy atom. The summed E-state index contributed by atoms with van der Waals surface area (Å²) in [7, 11) is 1.57. The molecule has 0 fully saturated rings. The Hall–Kier alpha value is -2.71. The molecule has 4 rings (SSSR count). The van der Waals surface area contributed by atoms with E-state index in [4.69, 9.17) is 16.3 Å². The highest BCUT2D eigenvalue weighted by molar-refractivity contribution is 8.00. The molecular weight excluding hydrogens is 422 g/mol. The van der Waals surface area contributed by atoms with Crippen LogP contribution in [0.25, 0.3) is 0 Å². The summed E-state index contributed by atoms with van der Waals surface area (Å²) in [6, 6.07) is 12.9. The van der Waals surface area contributed by atoms with Crippen LogP contribution in [0.5, 0.6) is 5.75 Å². The smallest absolute Gasteiger partial charge is 0.240 e. The van der Waals surface area contributed by atoms with Crippen molar-refractivity contribution in [2.45, 2.75) is 36.7 Å². The predicted octanol–water partition coefficient (Wildman–Crippen LogP) is 4.21. The summed E-state index contributed by atoms with van der Waals surface area (Å²) in [5.41, 5.74) is 6.17. The molecule has 2 atom stereocenters. The standard InChI is InChI=1S/C21H22ClN5O2S/c1-4-17-24-25-21-27(17)26-18(13-7-10-16(29-3)15(22)11-13)19(30-21)20(28)23-14-8-5-12(2)6-9-14/h5-11,18-19,26H,4H2,1-3H3,(H,23,28). The fourth-order valence-corrected chi connectivity index (χ4v) is 4.67. The van der Waals surface area contributed by atoms with Crippen LogP contribution in [0.1, 0.15) is 29.9 Å². The summed E-state index contributed by atoms with van der Waals surface area (Å²) in [4.78, 5) is 13.2. The van der Waals surface area contributed by atoms with Crippen molar-refractivity contribution in [1.82, 2.24) is 14.9 Å². The molecule has 0 radical (unpaired) electrons. The van der Waals surface area contributed by atoms with Crippen LogP contribution in [0.15, 0.2) is 47.6 Å². The lowest BCUT2D eigenvalue weighted by Crippen LogP contribution is -2.41. The zero-order valence-electron chi connectivity index (χ0n) is 16.8. The highest BCUT2D eigenvalue weighted by Gasteiger charge is 2.38. The summed E-state index contributed by atoms with van der Waals surface area (Å²) in [5, 5.41) is 12.2. The van der Waals surface area contributed by atoms with Crippen molar-refractivity contribution in [1.29, 1.82) is 0 Å². The highest BCUT2D eigenvalue weighted by Crippen LogP contribution is 2.39. The molecule has 0 bridgehead atoms. The molecule has 2 aromatic carbocycles. The molecule has 3 aromatic rings. The lowest BCUT2D eigenvalue weighted by molar-refractivity contribution is -0.116. The van der Waals surface area contributed by atoms with Gasteiger partial charge in [0.25, 0.3) is 0 Å². The van der Waals surface area contributed by atoms with Crippen molar-refractivity contribution in [3.63, 3.8) is 0 Å². The number of hydrogen-bond donors (Lipinski definition) is 2. The molecule has 1 aliphatic rings. The Balaban J connectivity index is 1.68. The van der Waals surface area contributed by atoms with E-state index in [9.17, 15) is 4.79 Å². The quantitative estimate of drug-likeness (QED) is 0.614. The SMILES string of the molecule is CCc1nnc2n1NC(c1ccc(OC)c(Cl)c1)C(C(=O)Nc1ccc(C)cc1)S2. The van der Waals surface area contributed by atoms with Crippen molar-refractivity contribution in [3.8, 4) is 5.75 Å². The monoisotopic (exact) mass is 443 g/mol. The van der Waals surface area contributed by atoms with Gasteiger partial charge in [-0.2, -0.15) is 0 Å². The number of ether oxygens (including phenoxy) is 1. The molecule has 0 spiro atoms. The van der Waals surface area contributed by atoms with Crippen LogP contribution < -0.4 is 15.5 Å². The summed E-state index contributed by atoms with van der Waals surface area (Å²) in [6.07, 6.45) is 0.719. The lowest BCUT2D eigenvalue weighted by atomic mass is 10.0. The van der Waals surface area contributed by atoms with Crippen molar-refractivity contribution in [2.75, 3.05) is 17.9 Å². The Bertz CT molecular complexity index is 1070. The van der Waals surface area contributed by atoms with E-state index in [1.807, 2.05) is 54.9 Å². The number of fused-ring (bicyclic) bond motifs is 1. The third kappa shape index (κ3) is 3.97. The second-order valence-electron chi connectivity index (χ2n) is 6.98. The number of amides is 1. The fourth-order valence-electron chi connectivity index (χ4n) is 3.30. The average Bonchev–Trinajstić information content (AvgIpc) is 3.16. The van der Waals surface area contributed by atoms with Gasteiger partial charge in [-0.1, -0.05) is 54.0 Å². The van der Waals surface area contributed by atoms with E-state index < -0.39 is 5.25 Å². The summed E-state index contributed by atoms with van der Waals surface area (Å²) in [6.45, 7) is 4.02. The van der Waals surface area contributed by atoms with Crippen LogP contribution in [0.4, 0.5) is 5.69 Å². The van der Waals surface area contributed by atoms with E-state index in [-0.39, 0.29) is 11.9 Å². The summed E-state index contributed by atoms with van der Waals surface area (Å²) < 4.78 is 7.12. The second kappa shape index (κ2) is 8.57. The molecule has 156 valence electrons. The molecule has 0 aliphatic carbocycles. The number of carbonyl (C=O) groups excluding carboxylic acids is 1. The zero-order chi connectivity index (χ0) is 21.3. The van der Waals surface area contributed by atoms with Gasteiger partial charge in [0.2, 0.25) is 11.1 Å². The van der Waals surface area contributed by atoms with Crippen molar-refractivity contribution in [2.24, 2.45) is 0 Å². The number of rotatable bonds is 5. The van der Waals surface area contributed by atoms with Gasteiger partial charge < -0.3 is 15.5 Å². The van der Waals surface area contributed by atoms with Gasteiger partial charge in [-0.15, -0.1) is 10.2 Å².